The van der Waals surface area contributed by atoms with Gasteiger partial charge in [0.25, 0.3) is 0 Å². The molecule has 1 atom stereocenters. The van der Waals surface area contributed by atoms with Crippen LogP contribution in [0, 0.1) is 0 Å². The molecule has 10 heteroatoms. The fraction of sp³-hybridized carbons (Fsp3) is 0.289. The molecule has 0 radical (unpaired) electrons. The van der Waals surface area contributed by atoms with Gasteiger partial charge in [0.1, 0.15) is 35.7 Å². The van der Waals surface area contributed by atoms with Gasteiger partial charge < -0.3 is 33.3 Å². The Labute approximate surface area is 281 Å². The Hall–Kier alpha value is -4.80. The fourth-order valence-corrected chi connectivity index (χ4v) is 4.57. The molecule has 0 heterocycles. The number of unbranched alkanes of at least 4 members (excludes halogenated alkanes) is 1. The molecule has 48 heavy (non-hydrogen) atoms. The van der Waals surface area contributed by atoms with E-state index in [2.05, 4.69) is 18.9 Å². The van der Waals surface area contributed by atoms with Crippen LogP contribution in [0.1, 0.15) is 35.6 Å². The summed E-state index contributed by atoms with van der Waals surface area (Å²) in [6.45, 7) is 10.3. The lowest BCUT2D eigenvalue weighted by Gasteiger charge is -2.16. The summed E-state index contributed by atoms with van der Waals surface area (Å²) in [6, 6.07) is 26.5. The average Bonchev–Trinajstić information content (AvgIpc) is 3.12. The first-order valence-electron chi connectivity index (χ1n) is 15.5. The minimum atomic E-state index is -0.673. The first-order chi connectivity index (χ1) is 23.6. The molecular formula is C38H42O10. The molecule has 254 valence electrons. The maximum absolute atomic E-state index is 9.81. The van der Waals surface area contributed by atoms with Crippen LogP contribution in [-0.4, -0.2) is 58.8 Å². The summed E-state index contributed by atoms with van der Waals surface area (Å²) in [5.74, 6) is 2.62. The molecule has 1 N–H and O–H groups in total. The summed E-state index contributed by atoms with van der Waals surface area (Å²) < 4.78 is 33.4. The zero-order chi connectivity index (χ0) is 33.8. The number of methoxy groups -OCH3 is 1. The van der Waals surface area contributed by atoms with Crippen molar-refractivity contribution in [1.82, 2.24) is 0 Å². The predicted octanol–water partition coefficient (Wildman–Crippen LogP) is 7.89. The summed E-state index contributed by atoms with van der Waals surface area (Å²) in [6.07, 6.45) is 2.21. The summed E-state index contributed by atoms with van der Waals surface area (Å²) >= 11 is 0. The largest absolute Gasteiger partial charge is 0.494 e. The molecule has 0 aliphatic heterocycles. The van der Waals surface area contributed by atoms with Gasteiger partial charge >= 0.3 is 0 Å². The minimum Gasteiger partial charge on any atom is -0.494 e. The second kappa shape index (κ2) is 20.4. The molecule has 0 fully saturated rings. The van der Waals surface area contributed by atoms with Crippen LogP contribution in [0.25, 0.3) is 16.5 Å². The number of fused-ring (bicyclic) bond motifs is 1. The van der Waals surface area contributed by atoms with Crippen LogP contribution in [0.3, 0.4) is 0 Å². The normalized spacial score (nSPS) is 11.4. The molecule has 0 bridgehead atoms. The van der Waals surface area contributed by atoms with Crippen molar-refractivity contribution >= 4 is 16.5 Å². The van der Waals surface area contributed by atoms with E-state index in [1.807, 2.05) is 84.9 Å². The summed E-state index contributed by atoms with van der Waals surface area (Å²) in [5.41, 5.74) is 4.86. The van der Waals surface area contributed by atoms with E-state index in [0.29, 0.717) is 56.9 Å². The SMILES string of the molecule is C=C=COOCCCCOc1ccc(OCOc2ccc3cc(C(OO)c4ccc(C(=C)OCCOCCOC)cc4)ccc3c2)cc1. The van der Waals surface area contributed by atoms with Crippen LogP contribution in [-0.2, 0) is 28.9 Å². The van der Waals surface area contributed by atoms with Gasteiger partial charge in [-0.1, -0.05) is 61.4 Å². The van der Waals surface area contributed by atoms with E-state index in [1.54, 1.807) is 7.11 Å². The van der Waals surface area contributed by atoms with E-state index in [4.69, 9.17) is 43.1 Å². The predicted molar refractivity (Wildman–Crippen MR) is 182 cm³/mol. The fourth-order valence-electron chi connectivity index (χ4n) is 4.57. The summed E-state index contributed by atoms with van der Waals surface area (Å²) in [5, 5.41) is 11.7. The van der Waals surface area contributed by atoms with Crippen LogP contribution in [0.5, 0.6) is 17.2 Å². The Morgan fingerprint density at radius 3 is 2.12 bits per heavy atom. The van der Waals surface area contributed by atoms with Crippen molar-refractivity contribution in [2.45, 2.75) is 18.9 Å². The standard InChI is InChI=1S/C38H42O10/c1-4-19-46-47-21-6-5-20-43-35-15-17-36(18-16-35)44-28-45-37-14-13-32-26-34(12-11-33(32)27-37)38(48-39)31-9-7-30(8-10-31)29(2)42-25-24-41-23-22-40-3/h7-19,26-27,38-39H,1-2,5-6,20-25,28H2,3H3. The van der Waals surface area contributed by atoms with Crippen LogP contribution < -0.4 is 14.2 Å². The first-order valence-corrected chi connectivity index (χ1v) is 15.5. The highest BCUT2D eigenvalue weighted by molar-refractivity contribution is 5.84. The number of ether oxygens (including phenoxy) is 6. The lowest BCUT2D eigenvalue weighted by atomic mass is 9.97. The van der Waals surface area contributed by atoms with Gasteiger partial charge in [0.2, 0.25) is 6.79 Å². The molecule has 0 aliphatic carbocycles. The molecule has 0 saturated heterocycles. The Kier molecular flexibility index (Phi) is 15.3. The van der Waals surface area contributed by atoms with E-state index in [1.165, 1.54) is 6.26 Å². The zero-order valence-corrected chi connectivity index (χ0v) is 27.1. The van der Waals surface area contributed by atoms with Gasteiger partial charge in [-0.05, 0) is 77.2 Å². The molecule has 0 aromatic heterocycles. The van der Waals surface area contributed by atoms with E-state index in [9.17, 15) is 5.26 Å². The molecule has 0 saturated carbocycles. The quantitative estimate of drug-likeness (QED) is 0.0211. The molecule has 10 nitrogen and oxygen atoms in total. The average molecular weight is 659 g/mol. The highest BCUT2D eigenvalue weighted by atomic mass is 17.2. The third-order valence-corrected chi connectivity index (χ3v) is 7.08. The topological polar surface area (TPSA) is 103 Å². The number of rotatable bonds is 23. The highest BCUT2D eigenvalue weighted by Crippen LogP contribution is 2.30. The molecule has 4 rings (SSSR count). The second-order valence-electron chi connectivity index (χ2n) is 10.4. The van der Waals surface area contributed by atoms with E-state index < -0.39 is 6.10 Å². The van der Waals surface area contributed by atoms with Crippen LogP contribution >= 0.6 is 0 Å². The maximum atomic E-state index is 9.81. The number of hydrogen-bond donors (Lipinski definition) is 1. The van der Waals surface area contributed by atoms with Gasteiger partial charge in [0.15, 0.2) is 6.26 Å². The van der Waals surface area contributed by atoms with Gasteiger partial charge in [-0.15, -0.1) is 0 Å². The maximum Gasteiger partial charge on any atom is 0.230 e. The van der Waals surface area contributed by atoms with Crippen molar-refractivity contribution < 1.29 is 48.3 Å². The Morgan fingerprint density at radius 1 is 0.729 bits per heavy atom. The molecule has 0 spiro atoms. The molecular weight excluding hydrogens is 616 g/mol. The third-order valence-electron chi connectivity index (χ3n) is 7.08. The minimum absolute atomic E-state index is 0.0446. The summed E-state index contributed by atoms with van der Waals surface area (Å²) in [4.78, 5) is 14.5. The Morgan fingerprint density at radius 2 is 1.38 bits per heavy atom. The van der Waals surface area contributed by atoms with Crippen molar-refractivity contribution in [2.75, 3.05) is 53.5 Å². The molecule has 4 aromatic carbocycles. The van der Waals surface area contributed by atoms with Gasteiger partial charge in [-0.25, -0.2) is 4.89 Å². The van der Waals surface area contributed by atoms with Gasteiger partial charge in [-0.2, -0.15) is 4.89 Å². The number of benzene rings is 4. The summed E-state index contributed by atoms with van der Waals surface area (Å²) in [7, 11) is 1.63. The Balaban J connectivity index is 1.23. The number of hydrogen-bond acceptors (Lipinski definition) is 10. The van der Waals surface area contributed by atoms with Gasteiger partial charge in [0, 0.05) is 12.7 Å². The lowest BCUT2D eigenvalue weighted by molar-refractivity contribution is -0.270. The highest BCUT2D eigenvalue weighted by Gasteiger charge is 2.16. The van der Waals surface area contributed by atoms with E-state index in [0.717, 1.165) is 46.1 Å². The van der Waals surface area contributed by atoms with Crippen LogP contribution in [0.4, 0.5) is 0 Å². The van der Waals surface area contributed by atoms with Crippen LogP contribution in [0.2, 0.25) is 0 Å². The molecule has 0 amide bonds. The van der Waals surface area contributed by atoms with Crippen molar-refractivity contribution in [3.8, 4) is 17.2 Å². The molecule has 4 aromatic rings. The molecule has 1 unspecified atom stereocenters. The van der Waals surface area contributed by atoms with E-state index >= 15 is 0 Å². The smallest absolute Gasteiger partial charge is 0.230 e. The Bertz CT molecular complexity index is 1580. The molecule has 0 aliphatic rings. The van der Waals surface area contributed by atoms with Crippen molar-refractivity contribution in [3.63, 3.8) is 0 Å². The van der Waals surface area contributed by atoms with Crippen molar-refractivity contribution in [3.05, 3.63) is 127 Å². The van der Waals surface area contributed by atoms with Gasteiger partial charge in [0.05, 0.1) is 33.0 Å². The van der Waals surface area contributed by atoms with Crippen molar-refractivity contribution in [2.24, 2.45) is 0 Å². The van der Waals surface area contributed by atoms with E-state index in [-0.39, 0.29) is 6.79 Å². The monoisotopic (exact) mass is 658 g/mol. The second-order valence-corrected chi connectivity index (χ2v) is 10.4. The third kappa shape index (κ3) is 11.8. The van der Waals surface area contributed by atoms with Crippen molar-refractivity contribution in [1.29, 1.82) is 0 Å². The lowest BCUT2D eigenvalue weighted by Crippen LogP contribution is -2.08. The first kappa shape index (κ1) is 36.0. The van der Waals surface area contributed by atoms with Crippen LogP contribution in [0.15, 0.2) is 110 Å². The van der Waals surface area contributed by atoms with Gasteiger partial charge in [-0.3, -0.25) is 5.26 Å². The zero-order valence-electron chi connectivity index (χ0n) is 27.1.